The first-order valence-electron chi connectivity index (χ1n) is 5.69. The second kappa shape index (κ2) is 5.35. The lowest BCUT2D eigenvalue weighted by Gasteiger charge is -2.13. The van der Waals surface area contributed by atoms with Gasteiger partial charge >= 0.3 is 0 Å². The standard InChI is InChI=1S/C11H16N6O/c1-9(7-16-5-2-4-13-16)14-11(18)8-17-6-3-10(12)15-17/h2-6,9H,7-8H2,1H3,(H2,12,15)(H,14,18). The lowest BCUT2D eigenvalue weighted by molar-refractivity contribution is -0.122. The molecule has 0 spiro atoms. The van der Waals surface area contributed by atoms with Crippen molar-refractivity contribution >= 4 is 11.7 Å². The molecule has 96 valence electrons. The van der Waals surface area contributed by atoms with Gasteiger partial charge in [-0.2, -0.15) is 10.2 Å². The van der Waals surface area contributed by atoms with Crippen LogP contribution in [-0.2, 0) is 17.9 Å². The Morgan fingerprint density at radius 1 is 1.50 bits per heavy atom. The van der Waals surface area contributed by atoms with Crippen LogP contribution in [0.3, 0.4) is 0 Å². The average molecular weight is 248 g/mol. The predicted octanol–water partition coefficient (Wildman–Crippen LogP) is -0.133. The van der Waals surface area contributed by atoms with Crippen LogP contribution in [-0.4, -0.2) is 31.5 Å². The van der Waals surface area contributed by atoms with Gasteiger partial charge in [0.2, 0.25) is 5.91 Å². The van der Waals surface area contributed by atoms with Crippen LogP contribution in [0.2, 0.25) is 0 Å². The number of nitrogens with one attached hydrogen (secondary N) is 1. The lowest BCUT2D eigenvalue weighted by Crippen LogP contribution is -2.37. The molecule has 1 atom stereocenters. The van der Waals surface area contributed by atoms with E-state index in [0.29, 0.717) is 12.4 Å². The maximum Gasteiger partial charge on any atom is 0.242 e. The number of nitrogen functional groups attached to an aromatic ring is 1. The van der Waals surface area contributed by atoms with Crippen molar-refractivity contribution in [1.82, 2.24) is 24.9 Å². The summed E-state index contributed by atoms with van der Waals surface area (Å²) in [7, 11) is 0. The molecule has 2 aromatic rings. The summed E-state index contributed by atoms with van der Waals surface area (Å²) in [5.74, 6) is 0.310. The van der Waals surface area contributed by atoms with Crippen LogP contribution in [0.15, 0.2) is 30.7 Å². The number of nitrogens with zero attached hydrogens (tertiary/aromatic N) is 4. The molecule has 18 heavy (non-hydrogen) atoms. The quantitative estimate of drug-likeness (QED) is 0.771. The maximum absolute atomic E-state index is 11.7. The van der Waals surface area contributed by atoms with E-state index in [1.54, 1.807) is 23.1 Å². The Morgan fingerprint density at radius 3 is 2.94 bits per heavy atom. The highest BCUT2D eigenvalue weighted by Crippen LogP contribution is 1.96. The summed E-state index contributed by atoms with van der Waals surface area (Å²) in [6, 6.07) is 3.51. The van der Waals surface area contributed by atoms with E-state index < -0.39 is 0 Å². The van der Waals surface area contributed by atoms with Gasteiger partial charge in [0, 0.05) is 24.6 Å². The first-order chi connectivity index (χ1) is 8.63. The molecule has 7 heteroatoms. The molecule has 3 N–H and O–H groups in total. The van der Waals surface area contributed by atoms with Gasteiger partial charge in [-0.15, -0.1) is 0 Å². The molecule has 0 radical (unpaired) electrons. The summed E-state index contributed by atoms with van der Waals surface area (Å²) in [6.07, 6.45) is 5.24. The minimum absolute atomic E-state index is 0.00492. The summed E-state index contributed by atoms with van der Waals surface area (Å²) in [5, 5.41) is 10.9. The van der Waals surface area contributed by atoms with Gasteiger partial charge in [-0.1, -0.05) is 0 Å². The van der Waals surface area contributed by atoms with Gasteiger partial charge in [0.15, 0.2) is 0 Å². The first kappa shape index (κ1) is 12.2. The van der Waals surface area contributed by atoms with Crippen LogP contribution in [0.25, 0.3) is 0 Å². The molecule has 2 heterocycles. The first-order valence-corrected chi connectivity index (χ1v) is 5.69. The molecule has 0 aliphatic rings. The minimum Gasteiger partial charge on any atom is -0.382 e. The molecule has 0 saturated carbocycles. The molecule has 0 aromatic carbocycles. The SMILES string of the molecule is CC(Cn1cccn1)NC(=O)Cn1ccc(N)n1. The summed E-state index contributed by atoms with van der Waals surface area (Å²) >= 11 is 0. The van der Waals surface area contributed by atoms with Gasteiger partial charge in [-0.25, -0.2) is 0 Å². The third-order valence-corrected chi connectivity index (χ3v) is 2.39. The molecule has 7 nitrogen and oxygen atoms in total. The van der Waals surface area contributed by atoms with Crippen molar-refractivity contribution in [3.05, 3.63) is 30.7 Å². The van der Waals surface area contributed by atoms with Gasteiger partial charge < -0.3 is 11.1 Å². The van der Waals surface area contributed by atoms with E-state index in [1.165, 1.54) is 4.68 Å². The Hall–Kier alpha value is -2.31. The van der Waals surface area contributed by atoms with Gasteiger partial charge in [-0.3, -0.25) is 14.2 Å². The van der Waals surface area contributed by atoms with E-state index in [0.717, 1.165) is 0 Å². The predicted molar refractivity (Wildman–Crippen MR) is 66.5 cm³/mol. The number of amides is 1. The number of hydrogen-bond donors (Lipinski definition) is 2. The molecule has 0 aliphatic carbocycles. The Morgan fingerprint density at radius 2 is 2.33 bits per heavy atom. The highest BCUT2D eigenvalue weighted by Gasteiger charge is 2.09. The summed E-state index contributed by atoms with van der Waals surface area (Å²) in [5.41, 5.74) is 5.47. The second-order valence-electron chi connectivity index (χ2n) is 4.13. The maximum atomic E-state index is 11.7. The van der Waals surface area contributed by atoms with E-state index in [9.17, 15) is 4.79 Å². The number of anilines is 1. The fourth-order valence-electron chi connectivity index (χ4n) is 1.67. The molecular formula is C11H16N6O. The zero-order valence-corrected chi connectivity index (χ0v) is 10.2. The Bertz CT molecular complexity index is 503. The van der Waals surface area contributed by atoms with E-state index in [1.807, 2.05) is 19.2 Å². The zero-order chi connectivity index (χ0) is 13.0. The molecule has 0 fully saturated rings. The van der Waals surface area contributed by atoms with E-state index in [2.05, 4.69) is 15.5 Å². The van der Waals surface area contributed by atoms with Gasteiger partial charge in [-0.05, 0) is 19.1 Å². The van der Waals surface area contributed by atoms with Crippen LogP contribution >= 0.6 is 0 Å². The van der Waals surface area contributed by atoms with Crippen molar-refractivity contribution in [3.8, 4) is 0 Å². The number of carbonyl (C=O) groups is 1. The molecular weight excluding hydrogens is 232 g/mol. The van der Waals surface area contributed by atoms with E-state index in [4.69, 9.17) is 5.73 Å². The summed E-state index contributed by atoms with van der Waals surface area (Å²) in [4.78, 5) is 11.7. The van der Waals surface area contributed by atoms with Crippen LogP contribution in [0, 0.1) is 0 Å². The molecule has 0 aliphatic heterocycles. The number of nitrogens with two attached hydrogens (primary N) is 1. The van der Waals surface area contributed by atoms with Crippen molar-refractivity contribution in [2.75, 3.05) is 5.73 Å². The summed E-state index contributed by atoms with van der Waals surface area (Å²) < 4.78 is 3.28. The monoisotopic (exact) mass is 248 g/mol. The zero-order valence-electron chi connectivity index (χ0n) is 10.2. The highest BCUT2D eigenvalue weighted by molar-refractivity contribution is 5.75. The molecule has 1 unspecified atom stereocenters. The van der Waals surface area contributed by atoms with Crippen LogP contribution in [0.5, 0.6) is 0 Å². The third kappa shape index (κ3) is 3.34. The Kier molecular flexibility index (Phi) is 3.61. The third-order valence-electron chi connectivity index (χ3n) is 2.39. The molecule has 2 rings (SSSR count). The van der Waals surface area contributed by atoms with Crippen LogP contribution < -0.4 is 11.1 Å². The molecule has 0 saturated heterocycles. The van der Waals surface area contributed by atoms with Crippen molar-refractivity contribution < 1.29 is 4.79 Å². The molecule has 1 amide bonds. The lowest BCUT2D eigenvalue weighted by atomic mass is 10.3. The van der Waals surface area contributed by atoms with Gasteiger partial charge in [0.25, 0.3) is 0 Å². The van der Waals surface area contributed by atoms with Gasteiger partial charge in [0.05, 0.1) is 6.54 Å². The topological polar surface area (TPSA) is 90.8 Å². The van der Waals surface area contributed by atoms with E-state index >= 15 is 0 Å². The second-order valence-corrected chi connectivity index (χ2v) is 4.13. The average Bonchev–Trinajstić information content (AvgIpc) is 2.90. The minimum atomic E-state index is -0.0993. The van der Waals surface area contributed by atoms with Crippen LogP contribution in [0.4, 0.5) is 5.82 Å². The van der Waals surface area contributed by atoms with Crippen molar-refractivity contribution in [2.45, 2.75) is 26.1 Å². The van der Waals surface area contributed by atoms with Crippen molar-refractivity contribution in [2.24, 2.45) is 0 Å². The molecule has 0 bridgehead atoms. The van der Waals surface area contributed by atoms with Gasteiger partial charge in [0.1, 0.15) is 12.4 Å². The normalized spacial score (nSPS) is 12.3. The fourth-order valence-corrected chi connectivity index (χ4v) is 1.67. The fraction of sp³-hybridized carbons (Fsp3) is 0.364. The van der Waals surface area contributed by atoms with Crippen molar-refractivity contribution in [1.29, 1.82) is 0 Å². The number of rotatable bonds is 5. The Balaban J connectivity index is 1.80. The Labute approximate surface area is 105 Å². The largest absolute Gasteiger partial charge is 0.382 e. The number of aromatic nitrogens is 4. The highest BCUT2D eigenvalue weighted by atomic mass is 16.2. The van der Waals surface area contributed by atoms with Crippen LogP contribution in [0.1, 0.15) is 6.92 Å². The van der Waals surface area contributed by atoms with Crippen molar-refractivity contribution in [3.63, 3.8) is 0 Å². The number of carbonyl (C=O) groups excluding carboxylic acids is 1. The smallest absolute Gasteiger partial charge is 0.242 e. The summed E-state index contributed by atoms with van der Waals surface area (Å²) in [6.45, 7) is 2.73. The number of hydrogen-bond acceptors (Lipinski definition) is 4. The van der Waals surface area contributed by atoms with E-state index in [-0.39, 0.29) is 18.5 Å². The molecule has 2 aromatic heterocycles.